The molecular weight excluding hydrogens is 232 g/mol. The summed E-state index contributed by atoms with van der Waals surface area (Å²) < 4.78 is 0. The molecule has 2 rings (SSSR count). The van der Waals surface area contributed by atoms with Crippen LogP contribution in [0.25, 0.3) is 10.9 Å². The van der Waals surface area contributed by atoms with Crippen LogP contribution in [0.15, 0.2) is 24.3 Å². The Morgan fingerprint density at radius 2 is 1.95 bits per heavy atom. The Kier molecular flexibility index (Phi) is 4.41. The molecule has 0 unspecified atom stereocenters. The molecule has 2 heteroatoms. The van der Waals surface area contributed by atoms with Crippen LogP contribution in [0.2, 0.25) is 0 Å². The molecule has 0 aliphatic rings. The lowest BCUT2D eigenvalue weighted by atomic mass is 10.00. The molecule has 0 radical (unpaired) electrons. The van der Waals surface area contributed by atoms with E-state index in [1.807, 2.05) is 0 Å². The lowest BCUT2D eigenvalue weighted by molar-refractivity contribution is 0.861. The molecule has 102 valence electrons. The monoisotopic (exact) mass is 256 g/mol. The first kappa shape index (κ1) is 13.9. The van der Waals surface area contributed by atoms with Crippen LogP contribution in [0.5, 0.6) is 0 Å². The maximum Gasteiger partial charge on any atom is 0.130 e. The molecule has 0 aliphatic carbocycles. The minimum Gasteiger partial charge on any atom is -0.370 e. The largest absolute Gasteiger partial charge is 0.370 e. The first-order chi connectivity index (χ1) is 9.15. The quantitative estimate of drug-likeness (QED) is 0.835. The molecule has 1 aromatic carbocycles. The van der Waals surface area contributed by atoms with Crippen molar-refractivity contribution >= 4 is 16.7 Å². The highest BCUT2D eigenvalue weighted by atomic mass is 15.0. The topological polar surface area (TPSA) is 24.9 Å². The molecule has 1 N–H and O–H groups in total. The Bertz CT molecular complexity index is 558. The summed E-state index contributed by atoms with van der Waals surface area (Å²) in [6, 6.07) is 8.92. The SMILES string of the molecule is CCCc1ccc2nc(NCC)c(C(C)C)cc2c1. The molecule has 1 aromatic heterocycles. The molecule has 0 saturated carbocycles. The van der Waals surface area contributed by atoms with Gasteiger partial charge in [-0.05, 0) is 48.6 Å². The van der Waals surface area contributed by atoms with E-state index in [1.54, 1.807) is 0 Å². The maximum atomic E-state index is 4.78. The third kappa shape index (κ3) is 3.06. The molecule has 0 spiro atoms. The second kappa shape index (κ2) is 6.05. The summed E-state index contributed by atoms with van der Waals surface area (Å²) in [5.41, 5.74) is 3.80. The zero-order valence-corrected chi connectivity index (χ0v) is 12.5. The molecular formula is C17H24N2. The highest BCUT2D eigenvalue weighted by molar-refractivity contribution is 5.82. The Hall–Kier alpha value is -1.57. The summed E-state index contributed by atoms with van der Waals surface area (Å²) in [6.07, 6.45) is 2.33. The summed E-state index contributed by atoms with van der Waals surface area (Å²) in [7, 11) is 0. The fraction of sp³-hybridized carbons (Fsp3) is 0.471. The van der Waals surface area contributed by atoms with Crippen molar-refractivity contribution in [3.63, 3.8) is 0 Å². The Labute approximate surface area is 116 Å². The van der Waals surface area contributed by atoms with Gasteiger partial charge in [0, 0.05) is 11.9 Å². The highest BCUT2D eigenvalue weighted by Gasteiger charge is 2.10. The zero-order valence-electron chi connectivity index (χ0n) is 12.5. The van der Waals surface area contributed by atoms with Crippen LogP contribution in [0, 0.1) is 0 Å². The lowest BCUT2D eigenvalue weighted by Gasteiger charge is -2.14. The van der Waals surface area contributed by atoms with Crippen molar-refractivity contribution < 1.29 is 0 Å². The van der Waals surface area contributed by atoms with E-state index in [2.05, 4.69) is 57.3 Å². The van der Waals surface area contributed by atoms with Crippen LogP contribution in [0.3, 0.4) is 0 Å². The fourth-order valence-electron chi connectivity index (χ4n) is 2.44. The third-order valence-corrected chi connectivity index (χ3v) is 3.41. The number of hydrogen-bond donors (Lipinski definition) is 1. The van der Waals surface area contributed by atoms with E-state index < -0.39 is 0 Å². The van der Waals surface area contributed by atoms with Gasteiger partial charge in [0.15, 0.2) is 0 Å². The van der Waals surface area contributed by atoms with Gasteiger partial charge in [-0.2, -0.15) is 0 Å². The first-order valence-electron chi connectivity index (χ1n) is 7.33. The van der Waals surface area contributed by atoms with Crippen LogP contribution in [-0.4, -0.2) is 11.5 Å². The van der Waals surface area contributed by atoms with E-state index >= 15 is 0 Å². The minimum atomic E-state index is 0.487. The van der Waals surface area contributed by atoms with Crippen LogP contribution in [0.4, 0.5) is 5.82 Å². The van der Waals surface area contributed by atoms with Crippen LogP contribution in [0.1, 0.15) is 51.2 Å². The third-order valence-electron chi connectivity index (χ3n) is 3.41. The molecule has 0 fully saturated rings. The van der Waals surface area contributed by atoms with Crippen molar-refractivity contribution in [1.82, 2.24) is 4.98 Å². The molecule has 0 saturated heterocycles. The second-order valence-corrected chi connectivity index (χ2v) is 5.39. The van der Waals surface area contributed by atoms with Crippen molar-refractivity contribution in [1.29, 1.82) is 0 Å². The molecule has 0 aliphatic heterocycles. The van der Waals surface area contributed by atoms with Gasteiger partial charge in [-0.1, -0.05) is 33.3 Å². The van der Waals surface area contributed by atoms with Crippen LogP contribution < -0.4 is 5.32 Å². The van der Waals surface area contributed by atoms with Gasteiger partial charge in [0.2, 0.25) is 0 Å². The summed E-state index contributed by atoms with van der Waals surface area (Å²) in [6.45, 7) is 9.68. The predicted molar refractivity (Wildman–Crippen MR) is 84.0 cm³/mol. The van der Waals surface area contributed by atoms with E-state index in [9.17, 15) is 0 Å². The standard InChI is InChI=1S/C17H24N2/c1-5-7-13-8-9-16-14(10-13)11-15(12(3)4)17(19-16)18-6-2/h8-12H,5-7H2,1-4H3,(H,18,19). The number of anilines is 1. The number of nitrogens with one attached hydrogen (secondary N) is 1. The average Bonchev–Trinajstić information content (AvgIpc) is 2.38. The van der Waals surface area contributed by atoms with Crippen molar-refractivity contribution in [3.05, 3.63) is 35.4 Å². The highest BCUT2D eigenvalue weighted by Crippen LogP contribution is 2.27. The Morgan fingerprint density at radius 1 is 1.16 bits per heavy atom. The average molecular weight is 256 g/mol. The molecule has 2 nitrogen and oxygen atoms in total. The summed E-state index contributed by atoms with van der Waals surface area (Å²) >= 11 is 0. The number of nitrogens with zero attached hydrogens (tertiary/aromatic N) is 1. The van der Waals surface area contributed by atoms with Crippen molar-refractivity contribution in [2.24, 2.45) is 0 Å². The van der Waals surface area contributed by atoms with E-state index in [-0.39, 0.29) is 0 Å². The van der Waals surface area contributed by atoms with Gasteiger partial charge in [0.1, 0.15) is 5.82 Å². The van der Waals surface area contributed by atoms with Crippen molar-refractivity contribution in [2.75, 3.05) is 11.9 Å². The molecule has 0 amide bonds. The van der Waals surface area contributed by atoms with Crippen LogP contribution >= 0.6 is 0 Å². The number of benzene rings is 1. The number of aromatic nitrogens is 1. The first-order valence-corrected chi connectivity index (χ1v) is 7.33. The Balaban J connectivity index is 2.53. The van der Waals surface area contributed by atoms with E-state index in [0.717, 1.165) is 24.3 Å². The summed E-state index contributed by atoms with van der Waals surface area (Å²) in [4.78, 5) is 4.78. The summed E-state index contributed by atoms with van der Waals surface area (Å²) in [5.74, 6) is 1.52. The van der Waals surface area contributed by atoms with E-state index in [0.29, 0.717) is 5.92 Å². The molecule has 0 atom stereocenters. The van der Waals surface area contributed by atoms with Gasteiger partial charge in [-0.15, -0.1) is 0 Å². The molecule has 1 heterocycles. The van der Waals surface area contributed by atoms with Crippen molar-refractivity contribution in [2.45, 2.75) is 46.5 Å². The van der Waals surface area contributed by atoms with Crippen molar-refractivity contribution in [3.8, 4) is 0 Å². The second-order valence-electron chi connectivity index (χ2n) is 5.39. The maximum absolute atomic E-state index is 4.78. The number of rotatable bonds is 5. The number of pyridine rings is 1. The Morgan fingerprint density at radius 3 is 2.58 bits per heavy atom. The van der Waals surface area contributed by atoms with Gasteiger partial charge in [0.25, 0.3) is 0 Å². The summed E-state index contributed by atoms with van der Waals surface area (Å²) in [5, 5.41) is 4.64. The molecule has 0 bridgehead atoms. The normalized spacial score (nSPS) is 11.2. The molecule has 19 heavy (non-hydrogen) atoms. The van der Waals surface area contributed by atoms with Crippen LogP contribution in [-0.2, 0) is 6.42 Å². The number of aryl methyl sites for hydroxylation is 1. The molecule has 2 aromatic rings. The smallest absolute Gasteiger partial charge is 0.130 e. The zero-order chi connectivity index (χ0) is 13.8. The predicted octanol–water partition coefficient (Wildman–Crippen LogP) is 4.74. The minimum absolute atomic E-state index is 0.487. The van der Waals surface area contributed by atoms with E-state index in [1.165, 1.54) is 22.9 Å². The lowest BCUT2D eigenvalue weighted by Crippen LogP contribution is -2.05. The van der Waals surface area contributed by atoms with Gasteiger partial charge in [0.05, 0.1) is 5.52 Å². The van der Waals surface area contributed by atoms with E-state index in [4.69, 9.17) is 4.98 Å². The van der Waals surface area contributed by atoms with Gasteiger partial charge < -0.3 is 5.32 Å². The van der Waals surface area contributed by atoms with Gasteiger partial charge >= 0.3 is 0 Å². The number of fused-ring (bicyclic) bond motifs is 1. The van der Waals surface area contributed by atoms with Gasteiger partial charge in [-0.25, -0.2) is 4.98 Å². The number of hydrogen-bond acceptors (Lipinski definition) is 2. The van der Waals surface area contributed by atoms with Gasteiger partial charge in [-0.3, -0.25) is 0 Å². The fourth-order valence-corrected chi connectivity index (χ4v) is 2.44.